The van der Waals surface area contributed by atoms with Crippen molar-refractivity contribution in [3.63, 3.8) is 0 Å². The normalized spacial score (nSPS) is 11.1. The highest BCUT2D eigenvalue weighted by molar-refractivity contribution is 7.92. The third-order valence-corrected chi connectivity index (χ3v) is 8.01. The fourth-order valence-corrected chi connectivity index (χ4v) is 5.40. The Morgan fingerprint density at radius 1 is 0.860 bits per heavy atom. The summed E-state index contributed by atoms with van der Waals surface area (Å²) in [5.74, 6) is -0.113. The highest BCUT2D eigenvalue weighted by Crippen LogP contribution is 2.32. The Labute approximate surface area is 251 Å². The van der Waals surface area contributed by atoms with Gasteiger partial charge in [0.1, 0.15) is 18.0 Å². The fourth-order valence-electron chi connectivity index (χ4n) is 3.96. The first-order chi connectivity index (χ1) is 20.8. The number of ether oxygens (including phenoxy) is 2. The topological polar surface area (TPSA) is 126 Å². The molecule has 11 heteroatoms. The maximum atomic E-state index is 13.6. The quantitative estimate of drug-likeness (QED) is 0.176. The van der Waals surface area contributed by atoms with Gasteiger partial charge in [-0.15, -0.1) is 0 Å². The van der Waals surface area contributed by atoms with Gasteiger partial charge >= 0.3 is 0 Å². The molecule has 0 heterocycles. The lowest BCUT2D eigenvalue weighted by Crippen LogP contribution is -2.39. The zero-order valence-electron chi connectivity index (χ0n) is 23.8. The van der Waals surface area contributed by atoms with Crippen LogP contribution in [0.3, 0.4) is 0 Å². The number of hydrazone groups is 1. The Kier molecular flexibility index (Phi) is 10.5. The Bertz CT molecular complexity index is 1660. The molecule has 4 rings (SSSR count). The van der Waals surface area contributed by atoms with Gasteiger partial charge in [0, 0.05) is 6.54 Å². The van der Waals surface area contributed by atoms with Crippen LogP contribution in [0.2, 0.25) is 0 Å². The molecule has 0 spiro atoms. The van der Waals surface area contributed by atoms with Crippen molar-refractivity contribution in [1.29, 1.82) is 0 Å². The van der Waals surface area contributed by atoms with Crippen LogP contribution in [0.5, 0.6) is 11.5 Å². The number of amides is 2. The number of sulfonamides is 1. The first-order valence-corrected chi connectivity index (χ1v) is 14.8. The van der Waals surface area contributed by atoms with E-state index in [-0.39, 0.29) is 23.1 Å². The van der Waals surface area contributed by atoms with E-state index in [1.807, 2.05) is 37.3 Å². The predicted octanol–water partition coefficient (Wildman–Crippen LogP) is 4.04. The average molecular weight is 601 g/mol. The number of anilines is 1. The predicted molar refractivity (Wildman–Crippen MR) is 165 cm³/mol. The summed E-state index contributed by atoms with van der Waals surface area (Å²) < 4.78 is 39.1. The van der Waals surface area contributed by atoms with Crippen molar-refractivity contribution in [3.8, 4) is 11.5 Å². The summed E-state index contributed by atoms with van der Waals surface area (Å²) in [6.07, 6.45) is 1.41. The Balaban J connectivity index is 1.35. The van der Waals surface area contributed by atoms with Crippen molar-refractivity contribution in [2.45, 2.75) is 18.4 Å². The molecule has 222 valence electrons. The van der Waals surface area contributed by atoms with Crippen molar-refractivity contribution in [2.75, 3.05) is 24.6 Å². The van der Waals surface area contributed by atoms with Gasteiger partial charge in [0.05, 0.1) is 23.9 Å². The van der Waals surface area contributed by atoms with Gasteiger partial charge in [-0.2, -0.15) is 5.10 Å². The smallest absolute Gasteiger partial charge is 0.264 e. The third-order valence-electron chi connectivity index (χ3n) is 6.24. The molecule has 0 radical (unpaired) electrons. The second-order valence-corrected chi connectivity index (χ2v) is 11.3. The number of rotatable bonds is 13. The minimum Gasteiger partial charge on any atom is -0.495 e. The van der Waals surface area contributed by atoms with E-state index < -0.39 is 22.5 Å². The Morgan fingerprint density at radius 2 is 1.53 bits per heavy atom. The molecule has 4 aromatic rings. The lowest BCUT2D eigenvalue weighted by atomic mass is 10.2. The molecule has 0 aliphatic carbocycles. The highest BCUT2D eigenvalue weighted by Gasteiger charge is 2.29. The van der Waals surface area contributed by atoms with Crippen LogP contribution < -0.4 is 24.5 Å². The summed E-state index contributed by atoms with van der Waals surface area (Å²) in [7, 11) is -2.68. The van der Waals surface area contributed by atoms with Crippen LogP contribution in [0.15, 0.2) is 113 Å². The number of nitrogens with one attached hydrogen (secondary N) is 2. The summed E-state index contributed by atoms with van der Waals surface area (Å²) in [4.78, 5) is 25.0. The molecule has 4 aromatic carbocycles. The van der Waals surface area contributed by atoms with Gasteiger partial charge in [-0.1, -0.05) is 60.2 Å². The van der Waals surface area contributed by atoms with E-state index in [1.54, 1.807) is 60.7 Å². The summed E-state index contributed by atoms with van der Waals surface area (Å²) in [6.45, 7) is 1.60. The molecule has 0 aliphatic heterocycles. The van der Waals surface area contributed by atoms with Crippen LogP contribution in [0.1, 0.15) is 16.7 Å². The molecule has 0 aliphatic rings. The fraction of sp³-hybridized carbons (Fsp3) is 0.156. The number of methoxy groups -OCH3 is 1. The third kappa shape index (κ3) is 8.66. The molecule has 2 amide bonds. The first-order valence-electron chi connectivity index (χ1n) is 13.3. The number of hydrogen-bond acceptors (Lipinski definition) is 7. The Morgan fingerprint density at radius 3 is 2.23 bits per heavy atom. The zero-order valence-corrected chi connectivity index (χ0v) is 24.6. The van der Waals surface area contributed by atoms with Crippen LogP contribution in [-0.4, -0.2) is 46.7 Å². The van der Waals surface area contributed by atoms with Crippen molar-refractivity contribution in [1.82, 2.24) is 10.7 Å². The van der Waals surface area contributed by atoms with Gasteiger partial charge in [0.25, 0.3) is 21.8 Å². The van der Waals surface area contributed by atoms with E-state index in [4.69, 9.17) is 9.47 Å². The number of carbonyl (C=O) groups is 2. The maximum absolute atomic E-state index is 13.6. The van der Waals surface area contributed by atoms with Crippen LogP contribution in [-0.2, 0) is 26.2 Å². The molecule has 0 atom stereocenters. The minimum absolute atomic E-state index is 0.0382. The zero-order chi connectivity index (χ0) is 30.7. The lowest BCUT2D eigenvalue weighted by molar-refractivity contribution is -0.123. The second-order valence-electron chi connectivity index (χ2n) is 9.41. The molecule has 0 bridgehead atoms. The lowest BCUT2D eigenvalue weighted by Gasteiger charge is -2.25. The molecule has 0 saturated heterocycles. The van der Waals surface area contributed by atoms with E-state index in [0.717, 1.165) is 15.4 Å². The number of aryl methyl sites for hydroxylation is 1. The molecule has 0 aromatic heterocycles. The molecular weight excluding hydrogens is 568 g/mol. The van der Waals surface area contributed by atoms with Crippen molar-refractivity contribution in [3.05, 3.63) is 120 Å². The minimum atomic E-state index is -4.11. The van der Waals surface area contributed by atoms with Gasteiger partial charge in [0.15, 0.2) is 6.61 Å². The van der Waals surface area contributed by atoms with Crippen molar-refractivity contribution in [2.24, 2.45) is 5.10 Å². The van der Waals surface area contributed by atoms with Crippen LogP contribution in [0.25, 0.3) is 0 Å². The van der Waals surface area contributed by atoms with Crippen LogP contribution >= 0.6 is 0 Å². The number of carbonyl (C=O) groups excluding carboxylic acids is 2. The molecule has 0 fully saturated rings. The van der Waals surface area contributed by atoms with Gasteiger partial charge in [0.2, 0.25) is 0 Å². The van der Waals surface area contributed by atoms with Gasteiger partial charge < -0.3 is 14.8 Å². The van der Waals surface area contributed by atoms with Crippen molar-refractivity contribution < 1.29 is 27.5 Å². The molecule has 0 unspecified atom stereocenters. The number of hydrogen-bond donors (Lipinski definition) is 2. The van der Waals surface area contributed by atoms with E-state index in [1.165, 1.54) is 25.5 Å². The summed E-state index contributed by atoms with van der Waals surface area (Å²) >= 11 is 0. The average Bonchev–Trinajstić information content (AvgIpc) is 3.03. The Hall–Kier alpha value is -5.16. The standard InChI is InChI=1S/C32H32N4O6S/c1-24-12-18-28(19-13-24)43(39,40)36(29-10-6-7-11-30(29)41-2)22-31(37)35-34-21-26-14-16-27(17-15-26)42-23-32(38)33-20-25-8-4-3-5-9-25/h3-19,21H,20,22-23H2,1-2H3,(H,33,38)(H,35,37)/b34-21+. The molecular formula is C32H32N4O6S. The summed E-state index contributed by atoms with van der Waals surface area (Å²) in [5.41, 5.74) is 5.14. The SMILES string of the molecule is COc1ccccc1N(CC(=O)N/N=C/c1ccc(OCC(=O)NCc2ccccc2)cc1)S(=O)(=O)c1ccc(C)cc1. The molecule has 10 nitrogen and oxygen atoms in total. The van der Waals surface area contributed by atoms with E-state index in [9.17, 15) is 18.0 Å². The molecule has 0 saturated carbocycles. The molecule has 2 N–H and O–H groups in total. The number of nitrogens with zero attached hydrogens (tertiary/aromatic N) is 2. The first kappa shape index (κ1) is 30.8. The summed E-state index contributed by atoms with van der Waals surface area (Å²) in [5, 5.41) is 6.77. The maximum Gasteiger partial charge on any atom is 0.264 e. The summed E-state index contributed by atoms with van der Waals surface area (Å²) in [6, 6.07) is 29.2. The van der Waals surface area contributed by atoms with Crippen LogP contribution in [0, 0.1) is 6.92 Å². The molecule has 43 heavy (non-hydrogen) atoms. The van der Waals surface area contributed by atoms with Gasteiger partial charge in [-0.05, 0) is 66.6 Å². The van der Waals surface area contributed by atoms with Gasteiger partial charge in [-0.3, -0.25) is 13.9 Å². The number of para-hydroxylation sites is 2. The number of benzene rings is 4. The van der Waals surface area contributed by atoms with E-state index in [0.29, 0.717) is 23.6 Å². The highest BCUT2D eigenvalue weighted by atomic mass is 32.2. The van der Waals surface area contributed by atoms with Gasteiger partial charge in [-0.25, -0.2) is 13.8 Å². The second kappa shape index (κ2) is 14.6. The van der Waals surface area contributed by atoms with E-state index >= 15 is 0 Å². The monoisotopic (exact) mass is 600 g/mol. The van der Waals surface area contributed by atoms with Crippen LogP contribution in [0.4, 0.5) is 5.69 Å². The van der Waals surface area contributed by atoms with Crippen molar-refractivity contribution >= 4 is 33.7 Å². The largest absolute Gasteiger partial charge is 0.495 e. The van der Waals surface area contributed by atoms with E-state index in [2.05, 4.69) is 15.8 Å².